The molecule has 0 saturated carbocycles. The summed E-state index contributed by atoms with van der Waals surface area (Å²) in [5, 5.41) is 3.41. The predicted octanol–water partition coefficient (Wildman–Crippen LogP) is 2.05. The highest BCUT2D eigenvalue weighted by Gasteiger charge is 2.09. The summed E-state index contributed by atoms with van der Waals surface area (Å²) in [6.07, 6.45) is 0. The maximum atomic E-state index is 5.22. The molecule has 0 spiro atoms. The van der Waals surface area contributed by atoms with Crippen molar-refractivity contribution in [2.75, 3.05) is 39.3 Å². The Balaban J connectivity index is 2.76. The van der Waals surface area contributed by atoms with Crippen LogP contribution in [-0.2, 0) is 4.74 Å². The van der Waals surface area contributed by atoms with Crippen molar-refractivity contribution < 1.29 is 4.74 Å². The Kier molecular flexibility index (Phi) is 5.29. The van der Waals surface area contributed by atoms with Crippen LogP contribution in [0.3, 0.4) is 0 Å². The first-order valence-electron chi connectivity index (χ1n) is 5.68. The monoisotopic (exact) mass is 222 g/mol. The highest BCUT2D eigenvalue weighted by Crippen LogP contribution is 2.18. The summed E-state index contributed by atoms with van der Waals surface area (Å²) in [5.74, 6) is 0. The molecule has 0 aliphatic carbocycles. The zero-order chi connectivity index (χ0) is 12.0. The minimum atomic E-state index is 0.284. The molecule has 0 saturated heterocycles. The summed E-state index contributed by atoms with van der Waals surface area (Å²) in [4.78, 5) is 2.10. The fourth-order valence-corrected chi connectivity index (χ4v) is 1.69. The molecule has 1 atom stereocenters. The number of nitrogens with zero attached hydrogens (tertiary/aromatic N) is 1. The van der Waals surface area contributed by atoms with Gasteiger partial charge in [0.2, 0.25) is 0 Å². The zero-order valence-corrected chi connectivity index (χ0v) is 10.7. The van der Waals surface area contributed by atoms with Gasteiger partial charge >= 0.3 is 0 Å². The van der Waals surface area contributed by atoms with E-state index in [0.717, 1.165) is 6.54 Å². The van der Waals surface area contributed by atoms with Crippen LogP contribution in [0, 0.1) is 0 Å². The lowest BCUT2D eigenvalue weighted by atomic mass is 10.1. The van der Waals surface area contributed by atoms with Gasteiger partial charge in [0.15, 0.2) is 0 Å². The van der Waals surface area contributed by atoms with Crippen LogP contribution in [0.4, 0.5) is 5.69 Å². The van der Waals surface area contributed by atoms with E-state index in [1.54, 1.807) is 7.11 Å². The maximum Gasteiger partial charge on any atom is 0.0657 e. The molecule has 0 bridgehead atoms. The Morgan fingerprint density at radius 2 is 1.88 bits per heavy atom. The van der Waals surface area contributed by atoms with Crippen LogP contribution in [0.2, 0.25) is 0 Å². The van der Waals surface area contributed by atoms with Gasteiger partial charge in [0, 0.05) is 26.9 Å². The molecule has 1 N–H and O–H groups in total. The number of nitrogens with one attached hydrogen (secondary N) is 1. The largest absolute Gasteiger partial charge is 0.383 e. The number of hydrogen-bond donors (Lipinski definition) is 1. The fourth-order valence-electron chi connectivity index (χ4n) is 1.69. The van der Waals surface area contributed by atoms with Gasteiger partial charge < -0.3 is 15.0 Å². The molecule has 1 rings (SSSR count). The number of rotatable bonds is 6. The Morgan fingerprint density at radius 1 is 1.25 bits per heavy atom. The summed E-state index contributed by atoms with van der Waals surface area (Å²) >= 11 is 0. The van der Waals surface area contributed by atoms with Gasteiger partial charge in [0.1, 0.15) is 0 Å². The van der Waals surface area contributed by atoms with E-state index < -0.39 is 0 Å². The van der Waals surface area contributed by atoms with Crippen molar-refractivity contribution in [3.8, 4) is 0 Å². The zero-order valence-electron chi connectivity index (χ0n) is 10.7. The van der Waals surface area contributed by atoms with Gasteiger partial charge in [-0.1, -0.05) is 19.1 Å². The Morgan fingerprint density at radius 3 is 2.31 bits per heavy atom. The first-order valence-corrected chi connectivity index (χ1v) is 5.68. The fraction of sp³-hybridized carbons (Fsp3) is 0.538. The number of hydrogen-bond acceptors (Lipinski definition) is 3. The third-order valence-electron chi connectivity index (χ3n) is 2.60. The molecule has 0 aliphatic heterocycles. The van der Waals surface area contributed by atoms with E-state index in [0.29, 0.717) is 6.61 Å². The summed E-state index contributed by atoms with van der Waals surface area (Å²) in [6, 6.07) is 8.86. The lowest BCUT2D eigenvalue weighted by Crippen LogP contribution is -2.24. The van der Waals surface area contributed by atoms with E-state index in [1.807, 2.05) is 14.1 Å². The minimum absolute atomic E-state index is 0.284. The van der Waals surface area contributed by atoms with Crippen molar-refractivity contribution in [3.63, 3.8) is 0 Å². The average Bonchev–Trinajstić information content (AvgIpc) is 2.29. The van der Waals surface area contributed by atoms with Crippen molar-refractivity contribution in [2.24, 2.45) is 0 Å². The van der Waals surface area contributed by atoms with Crippen molar-refractivity contribution in [2.45, 2.75) is 13.0 Å². The highest BCUT2D eigenvalue weighted by atomic mass is 16.5. The first kappa shape index (κ1) is 13.0. The second kappa shape index (κ2) is 6.51. The normalized spacial score (nSPS) is 12.5. The molecule has 0 aromatic heterocycles. The molecule has 0 radical (unpaired) electrons. The lowest BCUT2D eigenvalue weighted by Gasteiger charge is -2.19. The molecule has 0 amide bonds. The van der Waals surface area contributed by atoms with Gasteiger partial charge in [-0.3, -0.25) is 0 Å². The summed E-state index contributed by atoms with van der Waals surface area (Å²) in [5.41, 5.74) is 2.49. The van der Waals surface area contributed by atoms with E-state index in [2.05, 4.69) is 41.4 Å². The molecule has 3 nitrogen and oxygen atoms in total. The quantitative estimate of drug-likeness (QED) is 0.797. The topological polar surface area (TPSA) is 24.5 Å². The Bertz CT molecular complexity index is 289. The summed E-state index contributed by atoms with van der Waals surface area (Å²) in [6.45, 7) is 3.76. The summed E-state index contributed by atoms with van der Waals surface area (Å²) in [7, 11) is 5.83. The second-order valence-corrected chi connectivity index (χ2v) is 4.05. The molecule has 90 valence electrons. The predicted molar refractivity (Wildman–Crippen MR) is 69.1 cm³/mol. The van der Waals surface area contributed by atoms with E-state index >= 15 is 0 Å². The molecular formula is C13H22N2O. The van der Waals surface area contributed by atoms with E-state index in [4.69, 9.17) is 4.74 Å². The molecule has 1 unspecified atom stereocenters. The van der Waals surface area contributed by atoms with Crippen LogP contribution < -0.4 is 10.2 Å². The lowest BCUT2D eigenvalue weighted by molar-refractivity contribution is 0.168. The van der Waals surface area contributed by atoms with Crippen LogP contribution >= 0.6 is 0 Å². The minimum Gasteiger partial charge on any atom is -0.383 e. The van der Waals surface area contributed by atoms with E-state index in [1.165, 1.54) is 11.3 Å². The maximum absolute atomic E-state index is 5.22. The molecule has 0 heterocycles. The van der Waals surface area contributed by atoms with Gasteiger partial charge in [-0.15, -0.1) is 0 Å². The van der Waals surface area contributed by atoms with Crippen molar-refractivity contribution >= 4 is 5.69 Å². The van der Waals surface area contributed by atoms with Crippen molar-refractivity contribution in [3.05, 3.63) is 29.8 Å². The van der Waals surface area contributed by atoms with Gasteiger partial charge in [-0.2, -0.15) is 0 Å². The first-order chi connectivity index (χ1) is 7.69. The smallest absolute Gasteiger partial charge is 0.0657 e. The van der Waals surface area contributed by atoms with Crippen molar-refractivity contribution in [1.82, 2.24) is 5.32 Å². The van der Waals surface area contributed by atoms with Gasteiger partial charge in [0.25, 0.3) is 0 Å². The van der Waals surface area contributed by atoms with Crippen LogP contribution in [0.25, 0.3) is 0 Å². The number of methoxy groups -OCH3 is 1. The number of ether oxygens (including phenoxy) is 1. The standard InChI is InChI=1S/C13H22N2O/c1-5-14-13(10-16-4)11-6-8-12(9-7-11)15(2)3/h6-9,13-14H,5,10H2,1-4H3. The number of anilines is 1. The van der Waals surface area contributed by atoms with Crippen LogP contribution in [0.1, 0.15) is 18.5 Å². The molecule has 0 fully saturated rings. The second-order valence-electron chi connectivity index (χ2n) is 4.05. The van der Waals surface area contributed by atoms with Crippen LogP contribution in [0.5, 0.6) is 0 Å². The molecule has 1 aromatic rings. The average molecular weight is 222 g/mol. The number of benzene rings is 1. The Labute approximate surface area is 98.4 Å². The molecule has 1 aromatic carbocycles. The SMILES string of the molecule is CCNC(COC)c1ccc(N(C)C)cc1. The molecular weight excluding hydrogens is 200 g/mol. The Hall–Kier alpha value is -1.06. The molecule has 0 aliphatic rings. The molecule has 16 heavy (non-hydrogen) atoms. The van der Waals surface area contributed by atoms with E-state index in [-0.39, 0.29) is 6.04 Å². The molecule has 3 heteroatoms. The number of likely N-dealkylation sites (N-methyl/N-ethyl adjacent to an activating group) is 1. The van der Waals surface area contributed by atoms with Crippen LogP contribution in [-0.4, -0.2) is 34.4 Å². The third-order valence-corrected chi connectivity index (χ3v) is 2.60. The summed E-state index contributed by atoms with van der Waals surface area (Å²) < 4.78 is 5.22. The van der Waals surface area contributed by atoms with E-state index in [9.17, 15) is 0 Å². The van der Waals surface area contributed by atoms with Crippen molar-refractivity contribution in [1.29, 1.82) is 0 Å². The van der Waals surface area contributed by atoms with Gasteiger partial charge in [0.05, 0.1) is 12.6 Å². The van der Waals surface area contributed by atoms with Crippen LogP contribution in [0.15, 0.2) is 24.3 Å². The third kappa shape index (κ3) is 3.51. The van der Waals surface area contributed by atoms with Gasteiger partial charge in [-0.25, -0.2) is 0 Å². The van der Waals surface area contributed by atoms with Gasteiger partial charge in [-0.05, 0) is 24.2 Å². The highest BCUT2D eigenvalue weighted by molar-refractivity contribution is 5.46.